The van der Waals surface area contributed by atoms with Gasteiger partial charge in [-0.25, -0.2) is 4.98 Å². The van der Waals surface area contributed by atoms with E-state index in [1.807, 2.05) is 23.1 Å². The Bertz CT molecular complexity index is 984. The van der Waals surface area contributed by atoms with Crippen LogP contribution in [-0.2, 0) is 22.5 Å². The van der Waals surface area contributed by atoms with E-state index in [0.717, 1.165) is 86.7 Å². The predicted molar refractivity (Wildman–Crippen MR) is 134 cm³/mol. The number of anilines is 2. The molecule has 1 aromatic heterocycles. The molecule has 7 nitrogen and oxygen atoms in total. The van der Waals surface area contributed by atoms with E-state index in [1.54, 1.807) is 0 Å². The monoisotopic (exact) mass is 463 g/mol. The smallest absolute Gasteiger partial charge is 0.230 e. The minimum absolute atomic E-state index is 0.101. The molecule has 1 unspecified atom stereocenters. The topological polar surface area (TPSA) is 61.8 Å². The second-order valence-corrected chi connectivity index (χ2v) is 9.92. The number of ether oxygens (including phenoxy) is 1. The van der Waals surface area contributed by atoms with Gasteiger partial charge >= 0.3 is 0 Å². The summed E-state index contributed by atoms with van der Waals surface area (Å²) in [6, 6.07) is 10.2. The molecule has 1 aromatic carbocycles. The number of piperidine rings is 1. The van der Waals surface area contributed by atoms with Gasteiger partial charge < -0.3 is 19.4 Å². The molecule has 0 spiro atoms. The zero-order valence-corrected chi connectivity index (χ0v) is 20.6. The molecule has 1 atom stereocenters. The average Bonchev–Trinajstić information content (AvgIpc) is 2.90. The van der Waals surface area contributed by atoms with Crippen LogP contribution in [0, 0.1) is 5.92 Å². The molecule has 1 amide bonds. The fraction of sp³-hybridized carbons (Fsp3) is 0.593. The Morgan fingerprint density at radius 3 is 2.47 bits per heavy atom. The summed E-state index contributed by atoms with van der Waals surface area (Å²) in [5.74, 6) is 2.74. The van der Waals surface area contributed by atoms with E-state index in [0.29, 0.717) is 13.1 Å². The van der Waals surface area contributed by atoms with Gasteiger partial charge in [0.05, 0.1) is 31.4 Å². The summed E-state index contributed by atoms with van der Waals surface area (Å²) in [6.45, 7) is 10.9. The van der Waals surface area contributed by atoms with Crippen molar-refractivity contribution in [1.82, 2.24) is 14.9 Å². The third kappa shape index (κ3) is 4.76. The van der Waals surface area contributed by atoms with E-state index in [4.69, 9.17) is 14.7 Å². The average molecular weight is 464 g/mol. The lowest BCUT2D eigenvalue weighted by molar-refractivity contribution is -0.133. The number of carbonyl (C=O) groups excluding carboxylic acids is 1. The van der Waals surface area contributed by atoms with Crippen LogP contribution in [0.2, 0.25) is 0 Å². The first kappa shape index (κ1) is 23.1. The van der Waals surface area contributed by atoms with Gasteiger partial charge in [-0.1, -0.05) is 44.2 Å². The van der Waals surface area contributed by atoms with Crippen molar-refractivity contribution in [3.63, 3.8) is 0 Å². The number of aromatic nitrogens is 2. The largest absolute Gasteiger partial charge is 0.378 e. The van der Waals surface area contributed by atoms with Crippen molar-refractivity contribution < 1.29 is 9.53 Å². The molecule has 5 rings (SSSR count). The maximum absolute atomic E-state index is 13.6. The molecule has 182 valence electrons. The number of benzene rings is 1. The molecule has 2 saturated heterocycles. The standard InChI is InChI=1S/C27H37N5O2/c1-3-22(21-7-5-4-6-8-21)26(33)32-14-11-24-23(19-32)25(30-12-9-20(2)10-13-30)29-27(28-24)31-15-17-34-18-16-31/h4-8,20,22H,3,9-19H2,1-2H3. The zero-order chi connectivity index (χ0) is 23.5. The van der Waals surface area contributed by atoms with Crippen molar-refractivity contribution in [3.8, 4) is 0 Å². The van der Waals surface area contributed by atoms with Gasteiger partial charge in [0, 0.05) is 44.7 Å². The van der Waals surface area contributed by atoms with E-state index in [1.165, 1.54) is 12.8 Å². The highest BCUT2D eigenvalue weighted by atomic mass is 16.5. The number of fused-ring (bicyclic) bond motifs is 1. The fourth-order valence-corrected chi connectivity index (χ4v) is 5.42. The Morgan fingerprint density at radius 2 is 1.76 bits per heavy atom. The summed E-state index contributed by atoms with van der Waals surface area (Å²) in [7, 11) is 0. The number of hydrogen-bond acceptors (Lipinski definition) is 6. The summed E-state index contributed by atoms with van der Waals surface area (Å²) in [6.07, 6.45) is 3.94. The molecule has 2 aromatic rings. The lowest BCUT2D eigenvalue weighted by Crippen LogP contribution is -2.43. The fourth-order valence-electron chi connectivity index (χ4n) is 5.42. The van der Waals surface area contributed by atoms with Gasteiger partial charge in [0.1, 0.15) is 5.82 Å². The maximum Gasteiger partial charge on any atom is 0.230 e. The maximum atomic E-state index is 13.6. The Balaban J connectivity index is 1.44. The van der Waals surface area contributed by atoms with E-state index in [-0.39, 0.29) is 11.8 Å². The van der Waals surface area contributed by atoms with Gasteiger partial charge in [0.15, 0.2) is 0 Å². The quantitative estimate of drug-likeness (QED) is 0.675. The van der Waals surface area contributed by atoms with Crippen LogP contribution >= 0.6 is 0 Å². The van der Waals surface area contributed by atoms with Crippen molar-refractivity contribution in [2.45, 2.75) is 52.0 Å². The third-order valence-corrected chi connectivity index (χ3v) is 7.62. The molecule has 0 N–H and O–H groups in total. The number of hydrogen-bond donors (Lipinski definition) is 0. The van der Waals surface area contributed by atoms with E-state index in [2.05, 4.69) is 35.8 Å². The van der Waals surface area contributed by atoms with Gasteiger partial charge in [-0.2, -0.15) is 4.98 Å². The SMILES string of the molecule is CCC(C(=O)N1CCc2nc(N3CCOCC3)nc(N3CCC(C)CC3)c2C1)c1ccccc1. The third-order valence-electron chi connectivity index (χ3n) is 7.62. The normalized spacial score (nSPS) is 20.2. The van der Waals surface area contributed by atoms with Crippen LogP contribution < -0.4 is 9.80 Å². The highest BCUT2D eigenvalue weighted by Crippen LogP contribution is 2.33. The molecule has 0 bridgehead atoms. The number of rotatable bonds is 5. The van der Waals surface area contributed by atoms with Gasteiger partial charge in [-0.3, -0.25) is 4.79 Å². The second kappa shape index (κ2) is 10.3. The van der Waals surface area contributed by atoms with Crippen molar-refractivity contribution in [1.29, 1.82) is 0 Å². The summed E-state index contributed by atoms with van der Waals surface area (Å²) >= 11 is 0. The van der Waals surface area contributed by atoms with Gasteiger partial charge in [-0.15, -0.1) is 0 Å². The van der Waals surface area contributed by atoms with Crippen LogP contribution in [0.3, 0.4) is 0 Å². The molecule has 2 fully saturated rings. The van der Waals surface area contributed by atoms with Crippen LogP contribution in [0.15, 0.2) is 30.3 Å². The van der Waals surface area contributed by atoms with Crippen LogP contribution in [0.25, 0.3) is 0 Å². The van der Waals surface area contributed by atoms with Crippen LogP contribution in [0.1, 0.15) is 55.8 Å². The zero-order valence-electron chi connectivity index (χ0n) is 20.6. The lowest BCUT2D eigenvalue weighted by atomic mass is 9.93. The van der Waals surface area contributed by atoms with Gasteiger partial charge in [0.25, 0.3) is 0 Å². The molecular formula is C27H37N5O2. The number of nitrogens with zero attached hydrogens (tertiary/aromatic N) is 5. The predicted octanol–water partition coefficient (Wildman–Crippen LogP) is 3.63. The molecule has 3 aliphatic heterocycles. The minimum Gasteiger partial charge on any atom is -0.378 e. The second-order valence-electron chi connectivity index (χ2n) is 9.92. The molecule has 0 aliphatic carbocycles. The van der Waals surface area contributed by atoms with E-state index in [9.17, 15) is 4.79 Å². The van der Waals surface area contributed by atoms with Gasteiger partial charge in [0.2, 0.25) is 11.9 Å². The summed E-state index contributed by atoms with van der Waals surface area (Å²) < 4.78 is 5.55. The molecule has 0 radical (unpaired) electrons. The number of morpholine rings is 1. The molecule has 7 heteroatoms. The summed E-state index contributed by atoms with van der Waals surface area (Å²) in [4.78, 5) is 30.5. The lowest BCUT2D eigenvalue weighted by Gasteiger charge is -2.38. The highest BCUT2D eigenvalue weighted by Gasteiger charge is 2.32. The van der Waals surface area contributed by atoms with Crippen LogP contribution in [-0.4, -0.2) is 66.7 Å². The number of carbonyl (C=O) groups is 1. The first-order valence-electron chi connectivity index (χ1n) is 12.9. The van der Waals surface area contributed by atoms with Crippen LogP contribution in [0.5, 0.6) is 0 Å². The van der Waals surface area contributed by atoms with E-state index < -0.39 is 0 Å². The molecule has 0 saturated carbocycles. The van der Waals surface area contributed by atoms with Crippen molar-refractivity contribution in [2.24, 2.45) is 5.92 Å². The molecule has 34 heavy (non-hydrogen) atoms. The summed E-state index contributed by atoms with van der Waals surface area (Å²) in [5.41, 5.74) is 3.36. The Kier molecular flexibility index (Phi) is 6.99. The Morgan fingerprint density at radius 1 is 1.03 bits per heavy atom. The van der Waals surface area contributed by atoms with Crippen LogP contribution in [0.4, 0.5) is 11.8 Å². The van der Waals surface area contributed by atoms with Crippen molar-refractivity contribution >= 4 is 17.7 Å². The Labute approximate surface area is 203 Å². The van der Waals surface area contributed by atoms with Crippen molar-refractivity contribution in [3.05, 3.63) is 47.2 Å². The minimum atomic E-state index is -0.101. The van der Waals surface area contributed by atoms with Gasteiger partial charge in [-0.05, 0) is 30.7 Å². The highest BCUT2D eigenvalue weighted by molar-refractivity contribution is 5.84. The first-order valence-corrected chi connectivity index (χ1v) is 12.9. The molecular weight excluding hydrogens is 426 g/mol. The summed E-state index contributed by atoms with van der Waals surface area (Å²) in [5, 5.41) is 0. The first-order chi connectivity index (χ1) is 16.6. The number of amides is 1. The van der Waals surface area contributed by atoms with Crippen molar-refractivity contribution in [2.75, 3.05) is 55.7 Å². The Hall–Kier alpha value is -2.67. The molecule has 3 aliphatic rings. The van der Waals surface area contributed by atoms with E-state index >= 15 is 0 Å². The molecule has 4 heterocycles.